The van der Waals surface area contributed by atoms with E-state index in [2.05, 4.69) is 49.6 Å². The van der Waals surface area contributed by atoms with Gasteiger partial charge in [0.15, 0.2) is 5.11 Å². The van der Waals surface area contributed by atoms with Crippen molar-refractivity contribution < 1.29 is 0 Å². The number of hydrogen-bond donors (Lipinski definition) is 2. The van der Waals surface area contributed by atoms with Gasteiger partial charge in [-0.1, -0.05) is 24.3 Å². The van der Waals surface area contributed by atoms with Crippen molar-refractivity contribution in [2.24, 2.45) is 0 Å². The maximum Gasteiger partial charge on any atom is 0.171 e. The Morgan fingerprint density at radius 2 is 1.68 bits per heavy atom. The summed E-state index contributed by atoms with van der Waals surface area (Å²) in [5, 5.41) is 9.36. The van der Waals surface area contributed by atoms with Crippen LogP contribution < -0.4 is 10.6 Å². The molecule has 2 aromatic carbocycles. The number of pyridine rings is 1. The molecule has 3 aromatic rings. The summed E-state index contributed by atoms with van der Waals surface area (Å²) in [6.45, 7) is 6.24. The maximum atomic E-state index is 5.34. The second-order valence-electron chi connectivity index (χ2n) is 6.42. The van der Waals surface area contributed by atoms with E-state index in [-0.39, 0.29) is 5.54 Å². The average molecular weight is 309 g/mol. The molecule has 2 N–H and O–H groups in total. The summed E-state index contributed by atoms with van der Waals surface area (Å²) in [5.41, 5.74) is 2.84. The Balaban J connectivity index is 1.92. The van der Waals surface area contributed by atoms with E-state index in [1.54, 1.807) is 0 Å². The number of para-hydroxylation sites is 1. The van der Waals surface area contributed by atoms with Gasteiger partial charge >= 0.3 is 0 Å². The van der Waals surface area contributed by atoms with Crippen LogP contribution in [0.15, 0.2) is 48.5 Å². The van der Waals surface area contributed by atoms with Gasteiger partial charge in [0, 0.05) is 22.0 Å². The normalized spacial score (nSPS) is 11.6. The number of nitrogens with zero attached hydrogens (tertiary/aromatic N) is 1. The highest BCUT2D eigenvalue weighted by Gasteiger charge is 2.11. The highest BCUT2D eigenvalue weighted by Crippen LogP contribution is 2.22. The van der Waals surface area contributed by atoms with E-state index < -0.39 is 0 Å². The molecule has 22 heavy (non-hydrogen) atoms. The van der Waals surface area contributed by atoms with Crippen LogP contribution in [0, 0.1) is 0 Å². The molecule has 3 nitrogen and oxygen atoms in total. The second kappa shape index (κ2) is 5.54. The second-order valence-corrected chi connectivity index (χ2v) is 6.83. The van der Waals surface area contributed by atoms with Crippen molar-refractivity contribution in [1.29, 1.82) is 0 Å². The third-order valence-corrected chi connectivity index (χ3v) is 3.47. The maximum absolute atomic E-state index is 5.34. The third-order valence-electron chi connectivity index (χ3n) is 3.27. The molecule has 0 unspecified atom stereocenters. The van der Waals surface area contributed by atoms with Gasteiger partial charge in [0.2, 0.25) is 0 Å². The largest absolute Gasteiger partial charge is 0.358 e. The monoisotopic (exact) mass is 309 g/mol. The summed E-state index contributed by atoms with van der Waals surface area (Å²) in [6, 6.07) is 16.4. The number of rotatable bonds is 1. The Kier molecular flexibility index (Phi) is 3.71. The zero-order chi connectivity index (χ0) is 15.7. The number of fused-ring (bicyclic) bond motifs is 2. The Morgan fingerprint density at radius 1 is 0.955 bits per heavy atom. The molecule has 1 aromatic heterocycles. The Hall–Kier alpha value is -2.20. The molecule has 0 saturated heterocycles. The summed E-state index contributed by atoms with van der Waals surface area (Å²) in [5.74, 6) is 0. The Morgan fingerprint density at radius 3 is 2.45 bits per heavy atom. The first kappa shape index (κ1) is 14.7. The summed E-state index contributed by atoms with van der Waals surface area (Å²) >= 11 is 5.34. The van der Waals surface area contributed by atoms with E-state index >= 15 is 0 Å². The standard InChI is InChI=1S/C18H19N3S/c1-18(2,3)21-17(22)19-14-9-8-13-10-12-6-4-5-7-15(12)20-16(13)11-14/h4-11H,1-3H3,(H2,19,21,22). The molecule has 4 heteroatoms. The van der Waals surface area contributed by atoms with Crippen LogP contribution in [0.2, 0.25) is 0 Å². The van der Waals surface area contributed by atoms with Crippen LogP contribution in [-0.4, -0.2) is 15.6 Å². The SMILES string of the molecule is CC(C)(C)NC(=S)Nc1ccc2cc3ccccc3nc2c1. The molecule has 3 rings (SSSR count). The summed E-state index contributed by atoms with van der Waals surface area (Å²) < 4.78 is 0. The first-order valence-corrected chi connectivity index (χ1v) is 7.70. The van der Waals surface area contributed by atoms with Gasteiger partial charge in [-0.25, -0.2) is 4.98 Å². The lowest BCUT2D eigenvalue weighted by Crippen LogP contribution is -2.42. The first-order chi connectivity index (χ1) is 10.4. The predicted molar refractivity (Wildman–Crippen MR) is 98.4 cm³/mol. The van der Waals surface area contributed by atoms with Crippen LogP contribution in [0.25, 0.3) is 21.8 Å². The molecule has 0 aliphatic carbocycles. The smallest absolute Gasteiger partial charge is 0.171 e. The number of hydrogen-bond acceptors (Lipinski definition) is 2. The number of anilines is 1. The van der Waals surface area contributed by atoms with Gasteiger partial charge in [-0.2, -0.15) is 0 Å². The van der Waals surface area contributed by atoms with Crippen LogP contribution in [-0.2, 0) is 0 Å². The lowest BCUT2D eigenvalue weighted by molar-refractivity contribution is 0.515. The average Bonchev–Trinajstić information content (AvgIpc) is 2.43. The van der Waals surface area contributed by atoms with Crippen LogP contribution in [0.3, 0.4) is 0 Å². The summed E-state index contributed by atoms with van der Waals surface area (Å²) in [7, 11) is 0. The lowest BCUT2D eigenvalue weighted by atomic mass is 10.1. The van der Waals surface area contributed by atoms with Crippen LogP contribution in [0.4, 0.5) is 5.69 Å². The summed E-state index contributed by atoms with van der Waals surface area (Å²) in [4.78, 5) is 4.72. The molecule has 0 radical (unpaired) electrons. The van der Waals surface area contributed by atoms with E-state index in [4.69, 9.17) is 17.2 Å². The van der Waals surface area contributed by atoms with Crippen molar-refractivity contribution in [3.63, 3.8) is 0 Å². The molecular formula is C18H19N3S. The van der Waals surface area contributed by atoms with E-state index in [1.165, 1.54) is 0 Å². The molecule has 112 valence electrons. The zero-order valence-electron chi connectivity index (χ0n) is 13.0. The third kappa shape index (κ3) is 3.34. The quantitative estimate of drug-likeness (QED) is 0.513. The topological polar surface area (TPSA) is 37.0 Å². The molecule has 1 heterocycles. The fourth-order valence-corrected chi connectivity index (χ4v) is 2.78. The van der Waals surface area contributed by atoms with E-state index in [0.717, 1.165) is 27.5 Å². The van der Waals surface area contributed by atoms with Crippen molar-refractivity contribution in [3.05, 3.63) is 48.5 Å². The van der Waals surface area contributed by atoms with Crippen molar-refractivity contribution >= 4 is 44.8 Å². The van der Waals surface area contributed by atoms with Gasteiger partial charge in [0.25, 0.3) is 0 Å². The Bertz CT molecular complexity index is 850. The highest BCUT2D eigenvalue weighted by atomic mass is 32.1. The van der Waals surface area contributed by atoms with Gasteiger partial charge in [0.05, 0.1) is 11.0 Å². The van der Waals surface area contributed by atoms with Gasteiger partial charge in [-0.3, -0.25) is 0 Å². The molecule has 0 aliphatic rings. The molecule has 0 spiro atoms. The van der Waals surface area contributed by atoms with Gasteiger partial charge in [-0.05, 0) is 57.3 Å². The molecule has 0 amide bonds. The molecule has 0 saturated carbocycles. The fourth-order valence-electron chi connectivity index (χ4n) is 2.35. The first-order valence-electron chi connectivity index (χ1n) is 7.29. The van der Waals surface area contributed by atoms with Crippen molar-refractivity contribution in [2.45, 2.75) is 26.3 Å². The molecule has 0 atom stereocenters. The zero-order valence-corrected chi connectivity index (χ0v) is 13.8. The number of nitrogens with one attached hydrogen (secondary N) is 2. The molecule has 0 bridgehead atoms. The van der Waals surface area contributed by atoms with E-state index in [1.807, 2.05) is 30.3 Å². The minimum Gasteiger partial charge on any atom is -0.358 e. The molecule has 0 aliphatic heterocycles. The minimum atomic E-state index is -0.0601. The predicted octanol–water partition coefficient (Wildman–Crippen LogP) is 4.47. The highest BCUT2D eigenvalue weighted by molar-refractivity contribution is 7.80. The molecule has 0 fully saturated rings. The van der Waals surface area contributed by atoms with E-state index in [0.29, 0.717) is 5.11 Å². The molecular weight excluding hydrogens is 290 g/mol. The number of aromatic nitrogens is 1. The van der Waals surface area contributed by atoms with Gasteiger partial charge < -0.3 is 10.6 Å². The number of benzene rings is 2. The Labute approximate surface area is 135 Å². The van der Waals surface area contributed by atoms with Crippen molar-refractivity contribution in [3.8, 4) is 0 Å². The minimum absolute atomic E-state index is 0.0601. The van der Waals surface area contributed by atoms with Crippen LogP contribution in [0.1, 0.15) is 20.8 Å². The fraction of sp³-hybridized carbons (Fsp3) is 0.222. The van der Waals surface area contributed by atoms with Crippen molar-refractivity contribution in [2.75, 3.05) is 5.32 Å². The summed E-state index contributed by atoms with van der Waals surface area (Å²) in [6.07, 6.45) is 0. The van der Waals surface area contributed by atoms with E-state index in [9.17, 15) is 0 Å². The number of thiocarbonyl (C=S) groups is 1. The van der Waals surface area contributed by atoms with Crippen molar-refractivity contribution in [1.82, 2.24) is 10.3 Å². The van der Waals surface area contributed by atoms with Gasteiger partial charge in [-0.15, -0.1) is 0 Å². The van der Waals surface area contributed by atoms with Crippen LogP contribution >= 0.6 is 12.2 Å². The van der Waals surface area contributed by atoms with Gasteiger partial charge in [0.1, 0.15) is 0 Å². The lowest BCUT2D eigenvalue weighted by Gasteiger charge is -2.23. The van der Waals surface area contributed by atoms with Crippen LogP contribution in [0.5, 0.6) is 0 Å².